The number of anilines is 1. The smallest absolute Gasteiger partial charge is 0.352 e. The molecule has 6 rings (SSSR count). The second kappa shape index (κ2) is 11.0. The summed E-state index contributed by atoms with van der Waals surface area (Å²) in [4.78, 5) is 61.1. The van der Waals surface area contributed by atoms with Crippen LogP contribution < -0.4 is 21.4 Å². The van der Waals surface area contributed by atoms with E-state index in [1.807, 2.05) is 0 Å². The van der Waals surface area contributed by atoms with Crippen LogP contribution in [0.4, 0.5) is 5.13 Å². The minimum absolute atomic E-state index is 0.0180. The molecule has 3 aromatic rings. The number of fused-ring (bicyclic) bond motifs is 2. The molecular formula is C24H25N10O6S2+. The normalized spacial score (nSPS) is 20.9. The lowest BCUT2D eigenvalue weighted by molar-refractivity contribution is -0.662. The number of imidazole rings is 1. The molecule has 42 heavy (non-hydrogen) atoms. The highest BCUT2D eigenvalue weighted by Gasteiger charge is 2.54. The van der Waals surface area contributed by atoms with Gasteiger partial charge in [0.15, 0.2) is 17.0 Å². The first-order chi connectivity index (χ1) is 20.2. The minimum atomic E-state index is -1.26. The molecule has 3 amide bonds. The van der Waals surface area contributed by atoms with E-state index in [0.717, 1.165) is 37.2 Å². The Morgan fingerprint density at radius 2 is 2.05 bits per heavy atom. The largest absolute Gasteiger partial charge is 0.477 e. The first kappa shape index (κ1) is 27.6. The van der Waals surface area contributed by atoms with Gasteiger partial charge in [-0.05, 0) is 31.7 Å². The molecule has 16 nitrogen and oxygen atoms in total. The first-order valence-electron chi connectivity index (χ1n) is 12.9. The van der Waals surface area contributed by atoms with Gasteiger partial charge in [0.2, 0.25) is 11.5 Å². The average molecular weight is 614 g/mol. The molecule has 5 heterocycles. The molecule has 3 aromatic heterocycles. The Kier molecular flexibility index (Phi) is 7.23. The Morgan fingerprint density at radius 3 is 2.74 bits per heavy atom. The van der Waals surface area contributed by atoms with Gasteiger partial charge >= 0.3 is 11.6 Å². The van der Waals surface area contributed by atoms with Crippen LogP contribution in [-0.2, 0) is 25.8 Å². The predicted octanol–water partition coefficient (Wildman–Crippen LogP) is -0.743. The van der Waals surface area contributed by atoms with Crippen molar-refractivity contribution in [3.8, 4) is 0 Å². The molecule has 0 spiro atoms. The van der Waals surface area contributed by atoms with Gasteiger partial charge in [0, 0.05) is 28.9 Å². The number of nitrogens with zero attached hydrogens (tertiary/aromatic N) is 7. The van der Waals surface area contributed by atoms with Gasteiger partial charge in [0.1, 0.15) is 36.0 Å². The maximum Gasteiger partial charge on any atom is 0.352 e. The van der Waals surface area contributed by atoms with E-state index in [4.69, 9.17) is 16.3 Å². The van der Waals surface area contributed by atoms with Gasteiger partial charge in [-0.15, -0.1) is 16.3 Å². The molecule has 1 saturated carbocycles. The third-order valence-corrected chi connectivity index (χ3v) is 9.02. The number of β-lactam (4-membered cyclic amide) rings is 1. The number of aromatic nitrogens is 5. The Morgan fingerprint density at radius 1 is 1.26 bits per heavy atom. The van der Waals surface area contributed by atoms with Gasteiger partial charge in [-0.2, -0.15) is 9.36 Å². The van der Waals surface area contributed by atoms with Crippen molar-refractivity contribution < 1.29 is 33.7 Å². The second-order valence-electron chi connectivity index (χ2n) is 9.84. The Balaban J connectivity index is 1.21. The van der Waals surface area contributed by atoms with Crippen molar-refractivity contribution in [2.24, 2.45) is 10.9 Å². The fourth-order valence-corrected chi connectivity index (χ4v) is 6.88. The van der Waals surface area contributed by atoms with Gasteiger partial charge in [-0.1, -0.05) is 10.3 Å². The lowest BCUT2D eigenvalue weighted by Gasteiger charge is -2.49. The summed E-state index contributed by atoms with van der Waals surface area (Å²) in [7, 11) is 0. The standard InChI is InChI=1S/C24H24N10O6S2/c25-18(35)13-5-6-14-32(7-8-33(14)29-13)9-11-10-41-22-16(21(37)34(22)17(11)23(38)39)27-20(36)15(19-28-24(26)42-31-19)30-40-12-3-1-2-4-12/h5-8,12,16,22H,1-4,9-10H2,(H5-,25,26,27,28,31,35,36,38,39)/p+1/b30-15-/t16-,22-/m1/s1. The number of carbonyl (C=O) groups excluding carboxylic acids is 3. The van der Waals surface area contributed by atoms with Crippen LogP contribution in [0.5, 0.6) is 0 Å². The second-order valence-corrected chi connectivity index (χ2v) is 11.7. The van der Waals surface area contributed by atoms with Crippen LogP contribution in [0.15, 0.2) is 41.0 Å². The Labute approximate surface area is 245 Å². The zero-order chi connectivity index (χ0) is 29.5. The number of carbonyl (C=O) groups is 4. The van der Waals surface area contributed by atoms with Crippen LogP contribution in [0, 0.1) is 0 Å². The number of thioether (sulfide) groups is 1. The van der Waals surface area contributed by atoms with Crippen molar-refractivity contribution in [1.29, 1.82) is 0 Å². The topological polar surface area (TPSA) is 224 Å². The zero-order valence-corrected chi connectivity index (χ0v) is 23.5. The molecule has 18 heteroatoms. The number of aliphatic carboxylic acids is 1. The summed E-state index contributed by atoms with van der Waals surface area (Å²) in [6.07, 6.45) is 6.81. The minimum Gasteiger partial charge on any atom is -0.477 e. The number of nitrogen functional groups attached to an aromatic ring is 1. The summed E-state index contributed by atoms with van der Waals surface area (Å²) in [6, 6.07) is 2.13. The number of nitrogens with one attached hydrogen (secondary N) is 1. The van der Waals surface area contributed by atoms with Crippen LogP contribution in [-0.4, -0.2) is 81.7 Å². The van der Waals surface area contributed by atoms with E-state index in [1.54, 1.807) is 23.0 Å². The van der Waals surface area contributed by atoms with Crippen LogP contribution in [0.2, 0.25) is 0 Å². The molecule has 1 aliphatic carbocycles. The van der Waals surface area contributed by atoms with Crippen molar-refractivity contribution in [3.05, 3.63) is 47.3 Å². The van der Waals surface area contributed by atoms with Crippen LogP contribution >= 0.6 is 23.3 Å². The number of nitrogens with two attached hydrogens (primary N) is 2. The van der Waals surface area contributed by atoms with E-state index in [0.29, 0.717) is 11.2 Å². The van der Waals surface area contributed by atoms with Crippen molar-refractivity contribution in [2.45, 2.75) is 49.7 Å². The van der Waals surface area contributed by atoms with E-state index in [9.17, 15) is 24.3 Å². The molecular weight excluding hydrogens is 588 g/mol. The number of carboxylic acid groups (broad SMARTS) is 1. The molecule has 218 valence electrons. The molecule has 0 radical (unpaired) electrons. The molecule has 2 aliphatic heterocycles. The van der Waals surface area contributed by atoms with Crippen molar-refractivity contribution in [2.75, 3.05) is 11.5 Å². The van der Waals surface area contributed by atoms with E-state index in [1.165, 1.54) is 27.2 Å². The average Bonchev–Trinajstić information content (AvgIpc) is 3.73. The SMILES string of the molecule is NC(=O)c1ccc2n(cc[n+]2CC2=C(C(=O)O)N3C(=O)[C@@H](NC(=O)/C(=N\OC4CCCC4)c4nsc(N)n4)[C@H]3SC2)n1. The third kappa shape index (κ3) is 5.02. The predicted molar refractivity (Wildman–Crippen MR) is 148 cm³/mol. The molecule has 1 saturated heterocycles. The number of hydrogen-bond donors (Lipinski definition) is 4. The highest BCUT2D eigenvalue weighted by Crippen LogP contribution is 2.40. The highest BCUT2D eigenvalue weighted by atomic mass is 32.2. The summed E-state index contributed by atoms with van der Waals surface area (Å²) in [5.41, 5.74) is 11.8. The number of amides is 3. The first-order valence-corrected chi connectivity index (χ1v) is 14.8. The molecule has 2 atom stereocenters. The summed E-state index contributed by atoms with van der Waals surface area (Å²) in [5.74, 6) is -2.97. The van der Waals surface area contributed by atoms with Gasteiger partial charge in [0.05, 0.1) is 0 Å². The maximum atomic E-state index is 13.3. The number of carboxylic acids is 1. The lowest BCUT2D eigenvalue weighted by atomic mass is 10.0. The molecule has 3 aliphatic rings. The zero-order valence-electron chi connectivity index (χ0n) is 21.9. The van der Waals surface area contributed by atoms with E-state index in [2.05, 4.69) is 24.9 Å². The van der Waals surface area contributed by atoms with Gasteiger partial charge in [0.25, 0.3) is 17.7 Å². The van der Waals surface area contributed by atoms with E-state index < -0.39 is 35.1 Å². The van der Waals surface area contributed by atoms with E-state index >= 15 is 0 Å². The summed E-state index contributed by atoms with van der Waals surface area (Å²) in [5, 5.41) is 20.4. The Bertz CT molecular complexity index is 1680. The molecule has 0 unspecified atom stereocenters. The van der Waals surface area contributed by atoms with Gasteiger partial charge in [-0.3, -0.25) is 19.3 Å². The quantitative estimate of drug-likeness (QED) is 0.102. The fraction of sp³-hybridized carbons (Fsp3) is 0.375. The number of oxime groups is 1. The van der Waals surface area contributed by atoms with Crippen molar-refractivity contribution >= 4 is 63.5 Å². The fourth-order valence-electron chi connectivity index (χ4n) is 5.11. The van der Waals surface area contributed by atoms with E-state index in [-0.39, 0.29) is 46.5 Å². The van der Waals surface area contributed by atoms with Crippen LogP contribution in [0.25, 0.3) is 5.65 Å². The van der Waals surface area contributed by atoms with Crippen LogP contribution in [0.1, 0.15) is 42.0 Å². The summed E-state index contributed by atoms with van der Waals surface area (Å²) >= 11 is 2.22. The molecule has 0 bridgehead atoms. The van der Waals surface area contributed by atoms with Crippen LogP contribution in [0.3, 0.4) is 0 Å². The molecule has 6 N–H and O–H groups in total. The lowest BCUT2D eigenvalue weighted by Crippen LogP contribution is -2.71. The summed E-state index contributed by atoms with van der Waals surface area (Å²) < 4.78 is 7.28. The Hall–Kier alpha value is -4.58. The van der Waals surface area contributed by atoms with Gasteiger partial charge < -0.3 is 26.7 Å². The molecule has 0 aromatic carbocycles. The number of hydrogen-bond acceptors (Lipinski definition) is 12. The van der Waals surface area contributed by atoms with Crippen molar-refractivity contribution in [1.82, 2.24) is 29.2 Å². The third-order valence-electron chi connectivity index (χ3n) is 7.14. The van der Waals surface area contributed by atoms with Crippen molar-refractivity contribution in [3.63, 3.8) is 0 Å². The maximum absolute atomic E-state index is 13.3. The highest BCUT2D eigenvalue weighted by molar-refractivity contribution is 8.00. The van der Waals surface area contributed by atoms with Gasteiger partial charge in [-0.25, -0.2) is 9.36 Å². The summed E-state index contributed by atoms with van der Waals surface area (Å²) in [6.45, 7) is 0.155. The monoisotopic (exact) mass is 613 g/mol. The molecule has 2 fully saturated rings. The number of rotatable bonds is 9. The number of primary amides is 1.